The highest BCUT2D eigenvalue weighted by molar-refractivity contribution is 14.0. The lowest BCUT2D eigenvalue weighted by Gasteiger charge is -2.36. The van der Waals surface area contributed by atoms with Crippen LogP contribution in [-0.4, -0.2) is 60.9 Å². The van der Waals surface area contributed by atoms with Gasteiger partial charge in [0.05, 0.1) is 5.54 Å². The van der Waals surface area contributed by atoms with Gasteiger partial charge in [-0.25, -0.2) is 9.78 Å². The zero-order chi connectivity index (χ0) is 23.8. The van der Waals surface area contributed by atoms with Crippen LogP contribution in [0.3, 0.4) is 0 Å². The van der Waals surface area contributed by atoms with Crippen LogP contribution in [0.15, 0.2) is 23.3 Å². The van der Waals surface area contributed by atoms with Crippen molar-refractivity contribution in [2.75, 3.05) is 31.6 Å². The molecule has 0 unspecified atom stereocenters. The Hall–Kier alpha value is -1.78. The molecule has 33 heavy (non-hydrogen) atoms. The lowest BCUT2D eigenvalue weighted by molar-refractivity contribution is 0.0448. The largest absolute Gasteiger partial charge is 0.444 e. The van der Waals surface area contributed by atoms with Crippen molar-refractivity contribution in [2.24, 2.45) is 4.99 Å². The summed E-state index contributed by atoms with van der Waals surface area (Å²) in [6, 6.07) is 4.55. The molecule has 2 rings (SSSR count). The quantitative estimate of drug-likeness (QED) is 0.257. The first-order chi connectivity index (χ1) is 15.1. The lowest BCUT2D eigenvalue weighted by Crippen LogP contribution is -2.58. The monoisotopic (exact) mass is 574 g/mol. The van der Waals surface area contributed by atoms with Gasteiger partial charge in [0.1, 0.15) is 11.4 Å². The normalized spacial score (nSPS) is 15.5. The van der Waals surface area contributed by atoms with Crippen LogP contribution >= 0.6 is 24.0 Å². The number of nitrogens with one attached hydrogen (secondary N) is 3. The van der Waals surface area contributed by atoms with Crippen LogP contribution in [0.25, 0.3) is 0 Å². The molecule has 188 valence electrons. The number of amides is 1. The number of aromatic nitrogens is 1. The van der Waals surface area contributed by atoms with Crippen LogP contribution in [-0.2, 0) is 4.74 Å². The van der Waals surface area contributed by atoms with E-state index in [1.165, 1.54) is 5.56 Å². The number of aliphatic imine (C=N–C) groups is 1. The van der Waals surface area contributed by atoms with Crippen LogP contribution in [0.2, 0.25) is 0 Å². The van der Waals surface area contributed by atoms with E-state index in [0.717, 1.165) is 50.6 Å². The Balaban J connectivity index is 0.00000544. The lowest BCUT2D eigenvalue weighted by atomic mass is 9.93. The topological polar surface area (TPSA) is 90.9 Å². The van der Waals surface area contributed by atoms with E-state index in [1.807, 2.05) is 27.0 Å². The number of anilines is 1. The Morgan fingerprint density at radius 1 is 1.21 bits per heavy atom. The maximum atomic E-state index is 12.4. The molecule has 2 heterocycles. The number of ether oxygens (including phenoxy) is 1. The van der Waals surface area contributed by atoms with Gasteiger partial charge in [0, 0.05) is 38.9 Å². The van der Waals surface area contributed by atoms with Crippen molar-refractivity contribution in [3.63, 3.8) is 0 Å². The van der Waals surface area contributed by atoms with Crippen molar-refractivity contribution in [3.8, 4) is 0 Å². The number of piperidine rings is 1. The van der Waals surface area contributed by atoms with Crippen molar-refractivity contribution >= 4 is 41.8 Å². The van der Waals surface area contributed by atoms with E-state index < -0.39 is 11.1 Å². The fourth-order valence-electron chi connectivity index (χ4n) is 3.78. The van der Waals surface area contributed by atoms with Gasteiger partial charge in [-0.2, -0.15) is 0 Å². The SMILES string of the molecule is CCC(CC)(CNC(=NC)NC1CCN(c2ccc(C)cn2)CC1)NC(=O)OC(C)(C)C.I. The summed E-state index contributed by atoms with van der Waals surface area (Å²) in [4.78, 5) is 23.7. The van der Waals surface area contributed by atoms with Gasteiger partial charge < -0.3 is 25.6 Å². The molecule has 8 nitrogen and oxygen atoms in total. The highest BCUT2D eigenvalue weighted by Gasteiger charge is 2.31. The third-order valence-corrected chi connectivity index (χ3v) is 5.99. The van der Waals surface area contributed by atoms with Gasteiger partial charge in [0.25, 0.3) is 0 Å². The van der Waals surface area contributed by atoms with Crippen LogP contribution in [0.5, 0.6) is 0 Å². The summed E-state index contributed by atoms with van der Waals surface area (Å²) in [6.45, 7) is 14.3. The van der Waals surface area contributed by atoms with Gasteiger partial charge in [-0.05, 0) is 65.0 Å². The van der Waals surface area contributed by atoms with Gasteiger partial charge in [0.15, 0.2) is 5.96 Å². The minimum atomic E-state index is -0.523. The van der Waals surface area contributed by atoms with Gasteiger partial charge in [0.2, 0.25) is 0 Å². The molecule has 0 atom stereocenters. The fourth-order valence-corrected chi connectivity index (χ4v) is 3.78. The predicted octanol–water partition coefficient (Wildman–Crippen LogP) is 4.23. The maximum absolute atomic E-state index is 12.4. The molecule has 0 aromatic carbocycles. The van der Waals surface area contributed by atoms with Crippen molar-refractivity contribution in [1.82, 2.24) is 20.9 Å². The molecular weight excluding hydrogens is 531 g/mol. The summed E-state index contributed by atoms with van der Waals surface area (Å²) in [5.41, 5.74) is 0.252. The Kier molecular flexibility index (Phi) is 11.7. The summed E-state index contributed by atoms with van der Waals surface area (Å²) < 4.78 is 5.47. The second kappa shape index (κ2) is 13.2. The minimum absolute atomic E-state index is 0. The smallest absolute Gasteiger partial charge is 0.408 e. The van der Waals surface area contributed by atoms with Crippen molar-refractivity contribution < 1.29 is 9.53 Å². The summed E-state index contributed by atoms with van der Waals surface area (Å²) in [5.74, 6) is 1.80. The number of halogens is 1. The molecule has 0 bridgehead atoms. The van der Waals surface area contributed by atoms with Crippen molar-refractivity contribution in [2.45, 2.75) is 84.4 Å². The van der Waals surface area contributed by atoms with E-state index in [-0.39, 0.29) is 30.1 Å². The van der Waals surface area contributed by atoms with E-state index in [1.54, 1.807) is 7.05 Å². The Morgan fingerprint density at radius 2 is 1.85 bits per heavy atom. The summed E-state index contributed by atoms with van der Waals surface area (Å²) in [6.07, 6.45) is 5.13. The maximum Gasteiger partial charge on any atom is 0.408 e. The first-order valence-corrected chi connectivity index (χ1v) is 11.8. The van der Waals surface area contributed by atoms with E-state index >= 15 is 0 Å². The molecule has 1 aliphatic rings. The number of rotatable bonds is 7. The average Bonchev–Trinajstić information content (AvgIpc) is 2.75. The third kappa shape index (κ3) is 9.54. The Bertz CT molecular complexity index is 751. The molecule has 0 aliphatic carbocycles. The number of hydrogen-bond acceptors (Lipinski definition) is 5. The van der Waals surface area contributed by atoms with E-state index in [2.05, 4.69) is 63.7 Å². The number of guanidine groups is 1. The van der Waals surface area contributed by atoms with Gasteiger partial charge in [-0.15, -0.1) is 24.0 Å². The zero-order valence-electron chi connectivity index (χ0n) is 21.3. The molecule has 0 saturated carbocycles. The number of carbonyl (C=O) groups is 1. The summed E-state index contributed by atoms with van der Waals surface area (Å²) >= 11 is 0. The zero-order valence-corrected chi connectivity index (χ0v) is 23.7. The molecule has 1 saturated heterocycles. The Labute approximate surface area is 216 Å². The fraction of sp³-hybridized carbons (Fsp3) is 0.708. The van der Waals surface area contributed by atoms with Gasteiger partial charge in [-0.1, -0.05) is 19.9 Å². The van der Waals surface area contributed by atoms with Gasteiger partial charge in [-0.3, -0.25) is 4.99 Å². The van der Waals surface area contributed by atoms with E-state index in [9.17, 15) is 4.79 Å². The highest BCUT2D eigenvalue weighted by atomic mass is 127. The van der Waals surface area contributed by atoms with Crippen LogP contribution < -0.4 is 20.9 Å². The van der Waals surface area contributed by atoms with E-state index in [0.29, 0.717) is 12.6 Å². The standard InChI is InChI=1S/C24H42N6O2.HI/c1-8-24(9-2,29-22(31)32-23(4,5)6)17-27-21(25-7)28-19-12-14-30(15-13-19)20-11-10-18(3)16-26-20;/h10-11,16,19H,8-9,12-15,17H2,1-7H3,(H,29,31)(H2,25,27,28);1H. The summed E-state index contributed by atoms with van der Waals surface area (Å²) in [5, 5.41) is 10.0. The van der Waals surface area contributed by atoms with Crippen LogP contribution in [0.4, 0.5) is 10.6 Å². The minimum Gasteiger partial charge on any atom is -0.444 e. The second-order valence-electron chi connectivity index (χ2n) is 9.64. The molecule has 9 heteroatoms. The second-order valence-corrected chi connectivity index (χ2v) is 9.64. The number of aryl methyl sites for hydroxylation is 1. The first-order valence-electron chi connectivity index (χ1n) is 11.8. The Morgan fingerprint density at radius 3 is 2.33 bits per heavy atom. The number of nitrogens with zero attached hydrogens (tertiary/aromatic N) is 3. The number of carbonyl (C=O) groups excluding carboxylic acids is 1. The first kappa shape index (κ1) is 29.3. The third-order valence-electron chi connectivity index (χ3n) is 5.99. The average molecular weight is 575 g/mol. The number of alkyl carbamates (subject to hydrolysis) is 1. The van der Waals surface area contributed by atoms with Gasteiger partial charge >= 0.3 is 6.09 Å². The molecule has 0 spiro atoms. The molecule has 0 radical (unpaired) electrons. The molecule has 1 aliphatic heterocycles. The summed E-state index contributed by atoms with van der Waals surface area (Å²) in [7, 11) is 1.78. The van der Waals surface area contributed by atoms with Crippen molar-refractivity contribution in [1.29, 1.82) is 0 Å². The molecule has 3 N–H and O–H groups in total. The van der Waals surface area contributed by atoms with E-state index in [4.69, 9.17) is 4.74 Å². The highest BCUT2D eigenvalue weighted by Crippen LogP contribution is 2.19. The van der Waals surface area contributed by atoms with Crippen LogP contribution in [0, 0.1) is 6.92 Å². The molecule has 1 fully saturated rings. The molecule has 1 aromatic heterocycles. The molecule has 1 amide bonds. The number of pyridine rings is 1. The van der Waals surface area contributed by atoms with Crippen LogP contribution in [0.1, 0.15) is 65.9 Å². The van der Waals surface area contributed by atoms with Crippen molar-refractivity contribution in [3.05, 3.63) is 23.9 Å². The molecular formula is C24H43IN6O2. The number of hydrogen-bond donors (Lipinski definition) is 3. The predicted molar refractivity (Wildman–Crippen MR) is 147 cm³/mol. The molecule has 1 aromatic rings.